The highest BCUT2D eigenvalue weighted by atomic mass is 17.1. The Balaban J connectivity index is 3.14. The molecule has 0 saturated heterocycles. The van der Waals surface area contributed by atoms with Crippen molar-refractivity contribution in [2.75, 3.05) is 0 Å². The van der Waals surface area contributed by atoms with Crippen molar-refractivity contribution in [2.24, 2.45) is 0 Å². The van der Waals surface area contributed by atoms with Crippen LogP contribution in [0.3, 0.4) is 0 Å². The number of hydrogen-bond donors (Lipinski definition) is 2. The number of H-pyrrole nitrogens is 1. The highest BCUT2D eigenvalue weighted by molar-refractivity contribution is 5.87. The molecule has 0 fully saturated rings. The fraction of sp³-hybridized carbons (Fsp3) is 0. The molecule has 1 aromatic rings. The van der Waals surface area contributed by atoms with Crippen LogP contribution in [0.1, 0.15) is 10.4 Å². The van der Waals surface area contributed by atoms with Crippen LogP contribution in [0.25, 0.3) is 0 Å². The Kier molecular flexibility index (Phi) is 1.98. The Hall–Kier alpha value is -1.69. The highest BCUT2D eigenvalue weighted by Gasteiger charge is 2.10. The maximum absolute atomic E-state index is 10.7. The molecule has 0 bridgehead atoms. The van der Waals surface area contributed by atoms with Gasteiger partial charge in [-0.25, -0.2) is 9.78 Å². The summed E-state index contributed by atoms with van der Waals surface area (Å²) in [6.45, 7) is 0. The largest absolute Gasteiger partial charge is 0.379 e. The van der Waals surface area contributed by atoms with E-state index in [0.717, 1.165) is 12.5 Å². The van der Waals surface area contributed by atoms with Crippen molar-refractivity contribution in [2.45, 2.75) is 0 Å². The van der Waals surface area contributed by atoms with Gasteiger partial charge >= 0.3 is 5.97 Å². The minimum absolute atomic E-state index is 0.338. The first-order chi connectivity index (χ1) is 5.25. The van der Waals surface area contributed by atoms with Crippen LogP contribution in [0.4, 0.5) is 0 Å². The summed E-state index contributed by atoms with van der Waals surface area (Å²) in [6, 6.07) is 0. The maximum Gasteiger partial charge on any atom is 0.379 e. The van der Waals surface area contributed by atoms with Crippen LogP contribution in [0.2, 0.25) is 0 Å². The van der Waals surface area contributed by atoms with Gasteiger partial charge < -0.3 is 4.98 Å². The molecule has 0 aliphatic heterocycles. The monoisotopic (exact) mass is 156 g/mol. The zero-order valence-electron chi connectivity index (χ0n) is 5.27. The molecular weight excluding hydrogens is 152 g/mol. The standard InChI is InChI=1S/C5H4N2O4/c8-4-3(5(9)11-10)1-6-2-7-4/h1-2,10H,(H,6,7,8). The number of rotatable bonds is 1. The molecule has 1 heterocycles. The first kappa shape index (κ1) is 7.42. The Labute approximate surface area is 60.4 Å². The van der Waals surface area contributed by atoms with Gasteiger partial charge in [0, 0.05) is 6.20 Å². The molecule has 0 amide bonds. The quantitative estimate of drug-likeness (QED) is 0.418. The molecule has 1 aromatic heterocycles. The van der Waals surface area contributed by atoms with Crippen LogP contribution < -0.4 is 5.56 Å². The van der Waals surface area contributed by atoms with Gasteiger partial charge in [-0.05, 0) is 0 Å². The van der Waals surface area contributed by atoms with Gasteiger partial charge in [0.05, 0.1) is 6.33 Å². The topological polar surface area (TPSA) is 92.3 Å². The summed E-state index contributed by atoms with van der Waals surface area (Å²) in [5.74, 6) is -1.13. The molecule has 0 unspecified atom stereocenters. The molecule has 0 aromatic carbocycles. The van der Waals surface area contributed by atoms with Crippen LogP contribution in [0.15, 0.2) is 17.3 Å². The number of hydrogen-bond acceptors (Lipinski definition) is 5. The molecule has 0 aliphatic rings. The minimum atomic E-state index is -1.13. The number of carbonyl (C=O) groups excluding carboxylic acids is 1. The second-order valence-electron chi connectivity index (χ2n) is 1.67. The lowest BCUT2D eigenvalue weighted by Crippen LogP contribution is -2.18. The lowest BCUT2D eigenvalue weighted by Gasteiger charge is -1.91. The number of aromatic nitrogens is 2. The normalized spacial score (nSPS) is 9.18. The Morgan fingerprint density at radius 2 is 2.45 bits per heavy atom. The van der Waals surface area contributed by atoms with Crippen LogP contribution in [0, 0.1) is 0 Å². The molecule has 58 valence electrons. The maximum atomic E-state index is 10.7. The van der Waals surface area contributed by atoms with E-state index in [4.69, 9.17) is 5.26 Å². The SMILES string of the molecule is O=C(OO)c1cnc[nH]c1=O. The van der Waals surface area contributed by atoms with Gasteiger partial charge in [0.15, 0.2) is 0 Å². The third kappa shape index (κ3) is 1.41. The van der Waals surface area contributed by atoms with E-state index in [9.17, 15) is 9.59 Å². The van der Waals surface area contributed by atoms with E-state index in [0.29, 0.717) is 0 Å². The van der Waals surface area contributed by atoms with Crippen molar-refractivity contribution in [1.29, 1.82) is 0 Å². The van der Waals surface area contributed by atoms with Gasteiger partial charge in [0.1, 0.15) is 5.56 Å². The summed E-state index contributed by atoms with van der Waals surface area (Å²) in [6.07, 6.45) is 2.12. The fourth-order valence-corrected chi connectivity index (χ4v) is 0.539. The number of nitrogens with zero attached hydrogens (tertiary/aromatic N) is 1. The number of nitrogens with one attached hydrogen (secondary N) is 1. The molecule has 11 heavy (non-hydrogen) atoms. The van der Waals surface area contributed by atoms with Crippen molar-refractivity contribution in [3.8, 4) is 0 Å². The van der Waals surface area contributed by atoms with Crippen molar-refractivity contribution in [3.05, 3.63) is 28.4 Å². The number of aromatic amines is 1. The summed E-state index contributed by atoms with van der Waals surface area (Å²) in [4.78, 5) is 30.1. The smallest absolute Gasteiger partial charge is 0.312 e. The average Bonchev–Trinajstić information content (AvgIpc) is 2.04. The van der Waals surface area contributed by atoms with E-state index in [1.807, 2.05) is 0 Å². The van der Waals surface area contributed by atoms with Crippen LogP contribution in [-0.4, -0.2) is 21.2 Å². The van der Waals surface area contributed by atoms with Gasteiger partial charge in [0.25, 0.3) is 5.56 Å². The van der Waals surface area contributed by atoms with Gasteiger partial charge in [-0.2, -0.15) is 5.26 Å². The van der Waals surface area contributed by atoms with Crippen molar-refractivity contribution >= 4 is 5.97 Å². The molecular formula is C5H4N2O4. The first-order valence-electron chi connectivity index (χ1n) is 2.64. The van der Waals surface area contributed by atoms with Gasteiger partial charge in [0.2, 0.25) is 0 Å². The first-order valence-corrected chi connectivity index (χ1v) is 2.64. The van der Waals surface area contributed by atoms with E-state index in [-0.39, 0.29) is 5.56 Å². The fourth-order valence-electron chi connectivity index (χ4n) is 0.539. The van der Waals surface area contributed by atoms with E-state index < -0.39 is 11.5 Å². The molecule has 6 heteroatoms. The summed E-state index contributed by atoms with van der Waals surface area (Å²) >= 11 is 0. The Morgan fingerprint density at radius 1 is 1.73 bits per heavy atom. The molecule has 0 spiro atoms. The average molecular weight is 156 g/mol. The van der Waals surface area contributed by atoms with Crippen LogP contribution >= 0.6 is 0 Å². The van der Waals surface area contributed by atoms with E-state index in [2.05, 4.69) is 14.9 Å². The molecule has 1 rings (SSSR count). The molecule has 2 N–H and O–H groups in total. The summed E-state index contributed by atoms with van der Waals surface area (Å²) in [7, 11) is 0. The molecule has 0 atom stereocenters. The highest BCUT2D eigenvalue weighted by Crippen LogP contribution is 1.87. The third-order valence-electron chi connectivity index (χ3n) is 1.02. The zero-order valence-corrected chi connectivity index (χ0v) is 5.27. The summed E-state index contributed by atoms with van der Waals surface area (Å²) in [5.41, 5.74) is -0.992. The second-order valence-corrected chi connectivity index (χ2v) is 1.67. The van der Waals surface area contributed by atoms with Crippen molar-refractivity contribution in [1.82, 2.24) is 9.97 Å². The predicted octanol–water partition coefficient (Wildman–Crippen LogP) is -0.600. The summed E-state index contributed by atoms with van der Waals surface area (Å²) in [5, 5.41) is 7.88. The van der Waals surface area contributed by atoms with Crippen LogP contribution in [0.5, 0.6) is 0 Å². The van der Waals surface area contributed by atoms with Crippen LogP contribution in [-0.2, 0) is 4.89 Å². The minimum Gasteiger partial charge on any atom is -0.312 e. The predicted molar refractivity (Wildman–Crippen MR) is 32.9 cm³/mol. The van der Waals surface area contributed by atoms with Gasteiger partial charge in [-0.1, -0.05) is 0 Å². The second kappa shape index (κ2) is 2.93. The summed E-state index contributed by atoms with van der Waals surface area (Å²) < 4.78 is 0. The molecule has 0 aliphatic carbocycles. The van der Waals surface area contributed by atoms with E-state index >= 15 is 0 Å². The van der Waals surface area contributed by atoms with E-state index in [1.165, 1.54) is 0 Å². The molecule has 6 nitrogen and oxygen atoms in total. The van der Waals surface area contributed by atoms with Crippen molar-refractivity contribution in [3.63, 3.8) is 0 Å². The third-order valence-corrected chi connectivity index (χ3v) is 1.02. The molecule has 0 saturated carbocycles. The lowest BCUT2D eigenvalue weighted by molar-refractivity contribution is -0.183. The zero-order chi connectivity index (χ0) is 8.27. The Morgan fingerprint density at radius 3 is 3.00 bits per heavy atom. The van der Waals surface area contributed by atoms with Gasteiger partial charge in [-0.15, -0.1) is 0 Å². The lowest BCUT2D eigenvalue weighted by atomic mass is 10.3. The number of carbonyl (C=O) groups is 1. The molecule has 0 radical (unpaired) electrons. The van der Waals surface area contributed by atoms with E-state index in [1.54, 1.807) is 0 Å². The van der Waals surface area contributed by atoms with Crippen molar-refractivity contribution < 1.29 is 14.9 Å². The Bertz CT molecular complexity index is 318. The van der Waals surface area contributed by atoms with Gasteiger partial charge in [-0.3, -0.25) is 9.68 Å².